The van der Waals surface area contributed by atoms with Crippen molar-refractivity contribution in [2.24, 2.45) is 0 Å². The van der Waals surface area contributed by atoms with Crippen LogP contribution in [-0.4, -0.2) is 35.7 Å². The average Bonchev–Trinajstić information content (AvgIpc) is 2.87. The Kier molecular flexibility index (Phi) is 5.64. The number of rotatable bonds is 3. The van der Waals surface area contributed by atoms with Gasteiger partial charge in [0.25, 0.3) is 0 Å². The highest BCUT2D eigenvalue weighted by Crippen LogP contribution is 2.31. The summed E-state index contributed by atoms with van der Waals surface area (Å²) in [4.78, 5) is 14.3. The molecule has 1 aliphatic rings. The Balaban J connectivity index is 1.64. The minimum absolute atomic E-state index is 0.0972. The maximum absolute atomic E-state index is 12.8. The third kappa shape index (κ3) is 4.93. The molecule has 8 heteroatoms. The highest BCUT2D eigenvalue weighted by molar-refractivity contribution is 5.74. The van der Waals surface area contributed by atoms with Crippen LogP contribution in [-0.2, 0) is 18.1 Å². The molecule has 29 heavy (non-hydrogen) atoms. The molecule has 5 nitrogen and oxygen atoms in total. The molecule has 0 spiro atoms. The smallest absolute Gasteiger partial charge is 0.416 e. The van der Waals surface area contributed by atoms with Crippen LogP contribution in [0.5, 0.6) is 11.5 Å². The molecule has 0 aliphatic carbocycles. The molecule has 2 amide bonds. The van der Waals surface area contributed by atoms with E-state index in [1.807, 2.05) is 13.8 Å². The summed E-state index contributed by atoms with van der Waals surface area (Å²) in [6.45, 7) is 4.99. The van der Waals surface area contributed by atoms with Gasteiger partial charge < -0.3 is 20.1 Å². The topological polar surface area (TPSA) is 61.8 Å². The van der Waals surface area contributed by atoms with Crippen LogP contribution in [0.3, 0.4) is 0 Å². The summed E-state index contributed by atoms with van der Waals surface area (Å²) >= 11 is 0. The van der Waals surface area contributed by atoms with E-state index in [1.54, 1.807) is 11.0 Å². The van der Waals surface area contributed by atoms with Crippen molar-refractivity contribution in [1.82, 2.24) is 10.2 Å². The summed E-state index contributed by atoms with van der Waals surface area (Å²) in [5, 5.41) is 12.4. The van der Waals surface area contributed by atoms with Gasteiger partial charge in [-0.2, -0.15) is 13.2 Å². The van der Waals surface area contributed by atoms with Gasteiger partial charge in [0, 0.05) is 23.6 Å². The predicted octanol–water partition coefficient (Wildman–Crippen LogP) is 4.29. The van der Waals surface area contributed by atoms with E-state index in [0.29, 0.717) is 31.0 Å². The number of nitrogens with zero attached hydrogens (tertiary/aromatic N) is 1. The number of urea groups is 1. The number of nitrogens with one attached hydrogen (secondary N) is 1. The van der Waals surface area contributed by atoms with Gasteiger partial charge in [-0.05, 0) is 29.8 Å². The van der Waals surface area contributed by atoms with Crippen LogP contribution in [0.1, 0.15) is 30.5 Å². The normalized spacial score (nSPS) is 14.6. The molecule has 1 heterocycles. The summed E-state index contributed by atoms with van der Waals surface area (Å²) in [6, 6.07) is 9.47. The SMILES string of the molecule is CC(C)(CNC(=O)N1CCOc2cc(O)ccc2C1)c1ccc(C(F)(F)F)cc1. The van der Waals surface area contributed by atoms with E-state index in [2.05, 4.69) is 5.32 Å². The number of carbonyl (C=O) groups excluding carboxylic acids is 1. The van der Waals surface area contributed by atoms with Gasteiger partial charge in [-0.15, -0.1) is 0 Å². The number of fused-ring (bicyclic) bond motifs is 1. The molecule has 2 N–H and O–H groups in total. The van der Waals surface area contributed by atoms with Crippen molar-refractivity contribution in [3.63, 3.8) is 0 Å². The maximum atomic E-state index is 12.8. The van der Waals surface area contributed by atoms with Crippen molar-refractivity contribution < 1.29 is 27.8 Å². The van der Waals surface area contributed by atoms with Crippen LogP contribution in [0.4, 0.5) is 18.0 Å². The number of phenols is 1. The zero-order chi connectivity index (χ0) is 21.2. The molecule has 0 bridgehead atoms. The highest BCUT2D eigenvalue weighted by Gasteiger charge is 2.31. The van der Waals surface area contributed by atoms with Crippen LogP contribution >= 0.6 is 0 Å². The van der Waals surface area contributed by atoms with Gasteiger partial charge >= 0.3 is 12.2 Å². The largest absolute Gasteiger partial charge is 0.508 e. The maximum Gasteiger partial charge on any atom is 0.416 e. The number of aromatic hydroxyl groups is 1. The van der Waals surface area contributed by atoms with Gasteiger partial charge in [0.1, 0.15) is 18.1 Å². The lowest BCUT2D eigenvalue weighted by molar-refractivity contribution is -0.137. The number of carbonyl (C=O) groups is 1. The summed E-state index contributed by atoms with van der Waals surface area (Å²) in [5.74, 6) is 0.644. The monoisotopic (exact) mass is 408 g/mol. The van der Waals surface area contributed by atoms with Crippen LogP contribution in [0.2, 0.25) is 0 Å². The summed E-state index contributed by atoms with van der Waals surface area (Å²) in [5.41, 5.74) is 0.241. The van der Waals surface area contributed by atoms with E-state index in [0.717, 1.165) is 17.7 Å². The molecular formula is C21H23F3N2O3. The molecule has 2 aromatic carbocycles. The highest BCUT2D eigenvalue weighted by atomic mass is 19.4. The van der Waals surface area contributed by atoms with Crippen LogP contribution in [0, 0.1) is 0 Å². The van der Waals surface area contributed by atoms with E-state index >= 15 is 0 Å². The number of hydrogen-bond donors (Lipinski definition) is 2. The van der Waals surface area contributed by atoms with E-state index in [1.165, 1.54) is 24.3 Å². The van der Waals surface area contributed by atoms with E-state index in [-0.39, 0.29) is 18.3 Å². The Morgan fingerprint density at radius 3 is 2.45 bits per heavy atom. The molecule has 0 aromatic heterocycles. The van der Waals surface area contributed by atoms with Gasteiger partial charge in [-0.1, -0.05) is 26.0 Å². The van der Waals surface area contributed by atoms with Crippen molar-refractivity contribution in [3.05, 3.63) is 59.2 Å². The Hall–Kier alpha value is -2.90. The Morgan fingerprint density at radius 1 is 1.14 bits per heavy atom. The Bertz CT molecular complexity index is 880. The van der Waals surface area contributed by atoms with Crippen molar-refractivity contribution in [1.29, 1.82) is 0 Å². The molecule has 0 radical (unpaired) electrons. The molecule has 3 rings (SSSR count). The summed E-state index contributed by atoms with van der Waals surface area (Å²) in [6.07, 6.45) is -4.38. The van der Waals surface area contributed by atoms with Crippen molar-refractivity contribution in [2.45, 2.75) is 32.0 Å². The van der Waals surface area contributed by atoms with Crippen molar-refractivity contribution in [2.75, 3.05) is 19.7 Å². The first-order chi connectivity index (χ1) is 13.6. The van der Waals surface area contributed by atoms with Gasteiger partial charge in [0.15, 0.2) is 0 Å². The number of ether oxygens (including phenoxy) is 1. The lowest BCUT2D eigenvalue weighted by Gasteiger charge is -2.28. The fraction of sp³-hybridized carbons (Fsp3) is 0.381. The minimum Gasteiger partial charge on any atom is -0.508 e. The number of benzene rings is 2. The van der Waals surface area contributed by atoms with Gasteiger partial charge in [-0.3, -0.25) is 0 Å². The second-order valence-corrected chi connectivity index (χ2v) is 7.68. The molecular weight excluding hydrogens is 385 g/mol. The van der Waals surface area contributed by atoms with E-state index < -0.39 is 17.2 Å². The van der Waals surface area contributed by atoms with E-state index in [4.69, 9.17) is 4.74 Å². The first kappa shape index (κ1) is 20.8. The molecule has 1 aliphatic heterocycles. The van der Waals surface area contributed by atoms with Crippen LogP contribution in [0.25, 0.3) is 0 Å². The van der Waals surface area contributed by atoms with Gasteiger partial charge in [0.2, 0.25) is 0 Å². The van der Waals surface area contributed by atoms with Crippen LogP contribution in [0.15, 0.2) is 42.5 Å². The Labute approximate surface area is 167 Å². The predicted molar refractivity (Wildman–Crippen MR) is 102 cm³/mol. The Morgan fingerprint density at radius 2 is 1.79 bits per heavy atom. The number of halogens is 3. The molecule has 0 fully saturated rings. The molecule has 2 aromatic rings. The van der Waals surface area contributed by atoms with Crippen molar-refractivity contribution in [3.8, 4) is 11.5 Å². The molecule has 0 atom stereocenters. The molecule has 0 saturated heterocycles. The van der Waals surface area contributed by atoms with E-state index in [9.17, 15) is 23.1 Å². The van der Waals surface area contributed by atoms with Gasteiger partial charge in [-0.25, -0.2) is 4.79 Å². The number of phenolic OH excluding ortho intramolecular Hbond substituents is 1. The first-order valence-corrected chi connectivity index (χ1v) is 9.21. The second-order valence-electron chi connectivity index (χ2n) is 7.68. The number of amides is 2. The molecule has 0 unspecified atom stereocenters. The summed E-state index contributed by atoms with van der Waals surface area (Å²) in [7, 11) is 0. The number of alkyl halides is 3. The van der Waals surface area contributed by atoms with Crippen LogP contribution < -0.4 is 10.1 Å². The number of hydrogen-bond acceptors (Lipinski definition) is 3. The quantitative estimate of drug-likeness (QED) is 0.796. The second kappa shape index (κ2) is 7.85. The van der Waals surface area contributed by atoms with Gasteiger partial charge in [0.05, 0.1) is 18.7 Å². The standard InChI is InChI=1S/C21H23F3N2O3/c1-20(2,15-4-6-16(7-5-15)21(22,23)24)13-25-19(28)26-9-10-29-18-11-17(27)8-3-14(18)12-26/h3-8,11,27H,9-10,12-13H2,1-2H3,(H,25,28). The lowest BCUT2D eigenvalue weighted by Crippen LogP contribution is -2.45. The summed E-state index contributed by atoms with van der Waals surface area (Å²) < 4.78 is 43.8. The van der Waals surface area contributed by atoms with Crippen molar-refractivity contribution >= 4 is 6.03 Å². The first-order valence-electron chi connectivity index (χ1n) is 9.21. The zero-order valence-corrected chi connectivity index (χ0v) is 16.2. The lowest BCUT2D eigenvalue weighted by atomic mass is 9.84. The third-order valence-corrected chi connectivity index (χ3v) is 4.99. The molecule has 156 valence electrons. The minimum atomic E-state index is -4.38. The third-order valence-electron chi connectivity index (χ3n) is 4.99. The average molecular weight is 408 g/mol. The molecule has 0 saturated carbocycles. The fourth-order valence-corrected chi connectivity index (χ4v) is 3.15. The zero-order valence-electron chi connectivity index (χ0n) is 16.2. The fourth-order valence-electron chi connectivity index (χ4n) is 3.15.